The molecule has 0 aromatic heterocycles. The highest BCUT2D eigenvalue weighted by Gasteiger charge is 2.27. The molecule has 2 N–H and O–H groups in total. The van der Waals surface area contributed by atoms with Crippen molar-refractivity contribution in [2.24, 2.45) is 0 Å². The third-order valence-corrected chi connectivity index (χ3v) is 3.38. The molecular formula is C16H21NO3. The van der Waals surface area contributed by atoms with Gasteiger partial charge in [0.15, 0.2) is 0 Å². The predicted octanol–water partition coefficient (Wildman–Crippen LogP) is 1.18. The van der Waals surface area contributed by atoms with E-state index in [4.69, 9.17) is 5.11 Å². The number of carbonyl (C=O) groups excluding carboxylic acids is 1. The van der Waals surface area contributed by atoms with Crippen molar-refractivity contribution >= 4 is 5.91 Å². The average Bonchev–Trinajstić information content (AvgIpc) is 2.44. The van der Waals surface area contributed by atoms with E-state index in [1.165, 1.54) is 4.90 Å². The summed E-state index contributed by atoms with van der Waals surface area (Å²) in [7, 11) is 1.67. The summed E-state index contributed by atoms with van der Waals surface area (Å²) in [5.41, 5.74) is 1.62. The Labute approximate surface area is 120 Å². The molecule has 0 radical (unpaired) electrons. The summed E-state index contributed by atoms with van der Waals surface area (Å²) >= 11 is 0. The number of aliphatic hydroxyl groups excluding tert-OH is 2. The predicted molar refractivity (Wildman–Crippen MR) is 78.4 cm³/mol. The highest BCUT2D eigenvalue weighted by atomic mass is 16.3. The van der Waals surface area contributed by atoms with Crippen molar-refractivity contribution in [3.05, 3.63) is 34.9 Å². The first-order valence-electron chi connectivity index (χ1n) is 6.43. The number of hydrogen-bond donors (Lipinski definition) is 2. The molecule has 0 bridgehead atoms. The number of likely N-dealkylation sites (N-methyl/N-ethyl adjacent to an activating group) is 1. The Morgan fingerprint density at radius 1 is 1.35 bits per heavy atom. The minimum Gasteiger partial charge on any atom is -0.394 e. The van der Waals surface area contributed by atoms with E-state index in [-0.39, 0.29) is 19.1 Å². The Bertz CT molecular complexity index is 553. The first kappa shape index (κ1) is 16.2. The molecule has 0 unspecified atom stereocenters. The van der Waals surface area contributed by atoms with Gasteiger partial charge in [0, 0.05) is 18.2 Å². The van der Waals surface area contributed by atoms with Crippen molar-refractivity contribution < 1.29 is 15.0 Å². The monoisotopic (exact) mass is 275 g/mol. The molecule has 0 aliphatic rings. The Kier molecular flexibility index (Phi) is 5.32. The van der Waals surface area contributed by atoms with Crippen LogP contribution >= 0.6 is 0 Å². The topological polar surface area (TPSA) is 60.8 Å². The molecule has 0 aliphatic heterocycles. The largest absolute Gasteiger partial charge is 0.394 e. The summed E-state index contributed by atoms with van der Waals surface area (Å²) in [5, 5.41) is 18.0. The van der Waals surface area contributed by atoms with Crippen LogP contribution in [0, 0.1) is 18.8 Å². The molecule has 0 fully saturated rings. The van der Waals surface area contributed by atoms with Crippen LogP contribution in [-0.2, 0) is 0 Å². The summed E-state index contributed by atoms with van der Waals surface area (Å²) in [6.07, 6.45) is 0. The second kappa shape index (κ2) is 6.56. The van der Waals surface area contributed by atoms with Gasteiger partial charge in [0.2, 0.25) is 0 Å². The van der Waals surface area contributed by atoms with Gasteiger partial charge in [-0.05, 0) is 44.5 Å². The maximum absolute atomic E-state index is 12.4. The number of carbonyl (C=O) groups is 1. The number of benzene rings is 1. The Morgan fingerprint density at radius 2 is 2.00 bits per heavy atom. The number of rotatable bonds is 3. The van der Waals surface area contributed by atoms with E-state index in [1.807, 2.05) is 6.92 Å². The zero-order valence-corrected chi connectivity index (χ0v) is 12.4. The molecule has 4 nitrogen and oxygen atoms in total. The van der Waals surface area contributed by atoms with Crippen molar-refractivity contribution in [1.82, 2.24) is 4.90 Å². The highest BCUT2D eigenvalue weighted by molar-refractivity contribution is 5.95. The van der Waals surface area contributed by atoms with Crippen LogP contribution < -0.4 is 0 Å². The number of aryl methyl sites for hydroxylation is 1. The summed E-state index contributed by atoms with van der Waals surface area (Å²) in [6, 6.07) is 5.25. The van der Waals surface area contributed by atoms with Crippen LogP contribution in [-0.4, -0.2) is 46.8 Å². The van der Waals surface area contributed by atoms with Gasteiger partial charge in [0.1, 0.15) is 6.61 Å². The zero-order chi connectivity index (χ0) is 15.3. The molecule has 0 saturated heterocycles. The van der Waals surface area contributed by atoms with Crippen LogP contribution in [0.15, 0.2) is 18.2 Å². The van der Waals surface area contributed by atoms with E-state index in [9.17, 15) is 9.90 Å². The zero-order valence-electron chi connectivity index (χ0n) is 12.4. The molecule has 4 heteroatoms. The third kappa shape index (κ3) is 3.60. The van der Waals surface area contributed by atoms with E-state index in [1.54, 1.807) is 39.1 Å². The lowest BCUT2D eigenvalue weighted by Gasteiger charge is -2.34. The van der Waals surface area contributed by atoms with Crippen LogP contribution in [0.25, 0.3) is 0 Å². The third-order valence-electron chi connectivity index (χ3n) is 3.38. The molecule has 108 valence electrons. The summed E-state index contributed by atoms with van der Waals surface area (Å²) in [5.74, 6) is 5.28. The Balaban J connectivity index is 3.04. The SMILES string of the molecule is Cc1cc(C(=O)N(C)C(C)(C)CO)ccc1C#CCO. The fourth-order valence-electron chi connectivity index (χ4n) is 1.65. The van der Waals surface area contributed by atoms with Crippen molar-refractivity contribution in [2.45, 2.75) is 26.3 Å². The summed E-state index contributed by atoms with van der Waals surface area (Å²) < 4.78 is 0. The summed E-state index contributed by atoms with van der Waals surface area (Å²) in [4.78, 5) is 13.9. The van der Waals surface area contributed by atoms with Gasteiger partial charge < -0.3 is 15.1 Å². The molecule has 1 aromatic rings. The van der Waals surface area contributed by atoms with Crippen LogP contribution in [0.3, 0.4) is 0 Å². The quantitative estimate of drug-likeness (QED) is 0.814. The lowest BCUT2D eigenvalue weighted by Crippen LogP contribution is -2.47. The Morgan fingerprint density at radius 3 is 2.50 bits per heavy atom. The number of hydrogen-bond acceptors (Lipinski definition) is 3. The van der Waals surface area contributed by atoms with E-state index in [2.05, 4.69) is 11.8 Å². The minimum absolute atomic E-state index is 0.103. The number of aliphatic hydroxyl groups is 2. The van der Waals surface area contributed by atoms with Crippen LogP contribution in [0.1, 0.15) is 35.3 Å². The van der Waals surface area contributed by atoms with Crippen molar-refractivity contribution in [3.63, 3.8) is 0 Å². The number of nitrogens with zero attached hydrogens (tertiary/aromatic N) is 1. The van der Waals surface area contributed by atoms with E-state index < -0.39 is 5.54 Å². The van der Waals surface area contributed by atoms with Crippen LogP contribution in [0.4, 0.5) is 0 Å². The van der Waals surface area contributed by atoms with Gasteiger partial charge >= 0.3 is 0 Å². The second-order valence-electron chi connectivity index (χ2n) is 5.32. The van der Waals surface area contributed by atoms with Gasteiger partial charge in [-0.3, -0.25) is 4.79 Å². The molecule has 1 rings (SSSR count). The lowest BCUT2D eigenvalue weighted by atomic mass is 10.0. The van der Waals surface area contributed by atoms with Crippen molar-refractivity contribution in [2.75, 3.05) is 20.3 Å². The van der Waals surface area contributed by atoms with Gasteiger partial charge in [-0.1, -0.05) is 11.8 Å². The maximum atomic E-state index is 12.4. The van der Waals surface area contributed by atoms with Gasteiger partial charge in [0.05, 0.1) is 12.1 Å². The normalized spacial score (nSPS) is 10.7. The van der Waals surface area contributed by atoms with E-state index >= 15 is 0 Å². The van der Waals surface area contributed by atoms with Crippen molar-refractivity contribution in [3.8, 4) is 11.8 Å². The van der Waals surface area contributed by atoms with Gasteiger partial charge in [0.25, 0.3) is 5.91 Å². The molecule has 0 atom stereocenters. The van der Waals surface area contributed by atoms with E-state index in [0.29, 0.717) is 5.56 Å². The first-order chi connectivity index (χ1) is 9.33. The molecule has 0 spiro atoms. The standard InChI is InChI=1S/C16H21NO3/c1-12-10-14(8-7-13(12)6-5-9-18)15(20)17(4)16(2,3)11-19/h7-8,10,18-19H,9,11H2,1-4H3. The first-order valence-corrected chi connectivity index (χ1v) is 6.43. The van der Waals surface area contributed by atoms with Crippen LogP contribution in [0.2, 0.25) is 0 Å². The second-order valence-corrected chi connectivity index (χ2v) is 5.32. The minimum atomic E-state index is -0.611. The number of amides is 1. The average molecular weight is 275 g/mol. The maximum Gasteiger partial charge on any atom is 0.254 e. The molecule has 1 aromatic carbocycles. The molecule has 1 amide bonds. The summed E-state index contributed by atoms with van der Waals surface area (Å²) in [6.45, 7) is 5.19. The molecular weight excluding hydrogens is 254 g/mol. The van der Waals surface area contributed by atoms with E-state index in [0.717, 1.165) is 11.1 Å². The fraction of sp³-hybridized carbons (Fsp3) is 0.438. The smallest absolute Gasteiger partial charge is 0.254 e. The van der Waals surface area contributed by atoms with Gasteiger partial charge in [-0.25, -0.2) is 0 Å². The molecule has 0 saturated carbocycles. The Hall–Kier alpha value is -1.83. The van der Waals surface area contributed by atoms with Gasteiger partial charge in [-0.15, -0.1) is 0 Å². The lowest BCUT2D eigenvalue weighted by molar-refractivity contribution is 0.0473. The van der Waals surface area contributed by atoms with Crippen molar-refractivity contribution in [1.29, 1.82) is 0 Å². The molecule has 20 heavy (non-hydrogen) atoms. The fourth-order valence-corrected chi connectivity index (χ4v) is 1.65. The highest BCUT2D eigenvalue weighted by Crippen LogP contribution is 2.17. The molecule has 0 aliphatic carbocycles. The molecule has 0 heterocycles. The van der Waals surface area contributed by atoms with Crippen LogP contribution in [0.5, 0.6) is 0 Å². The van der Waals surface area contributed by atoms with Gasteiger partial charge in [-0.2, -0.15) is 0 Å².